The molecule has 11 heavy (non-hydrogen) atoms. The Kier molecular flexibility index (Phi) is 2.18. The zero-order valence-corrected chi connectivity index (χ0v) is 6.96. The van der Waals surface area contributed by atoms with E-state index in [2.05, 4.69) is 0 Å². The van der Waals surface area contributed by atoms with E-state index in [0.29, 0.717) is 12.8 Å². The Morgan fingerprint density at radius 2 is 2.36 bits per heavy atom. The Morgan fingerprint density at radius 3 is 2.73 bits per heavy atom. The first-order chi connectivity index (χ1) is 5.12. The summed E-state index contributed by atoms with van der Waals surface area (Å²) in [5, 5.41) is 9.78. The molecule has 1 rings (SSSR count). The lowest BCUT2D eigenvalue weighted by Crippen LogP contribution is -2.36. The van der Waals surface area contributed by atoms with Gasteiger partial charge in [-0.05, 0) is 12.8 Å². The highest BCUT2D eigenvalue weighted by Crippen LogP contribution is 2.31. The van der Waals surface area contributed by atoms with Crippen LogP contribution >= 0.6 is 0 Å². The van der Waals surface area contributed by atoms with Crippen molar-refractivity contribution in [3.63, 3.8) is 0 Å². The molecule has 0 bridgehead atoms. The molecule has 3 nitrogen and oxygen atoms in total. The molecule has 0 aromatic rings. The van der Waals surface area contributed by atoms with Crippen LogP contribution in [0.5, 0.6) is 0 Å². The van der Waals surface area contributed by atoms with Gasteiger partial charge in [-0.25, -0.2) is 0 Å². The molecule has 1 N–H and O–H groups in total. The number of rotatable bonds is 2. The standard InChI is InChI=1S/C8H14O3/c1-3-6-8(10,4-2)5-7(9)11-6/h6,10H,3-5H2,1-2H3/t6-,8-/m0/s1. The molecular weight excluding hydrogens is 144 g/mol. The summed E-state index contributed by atoms with van der Waals surface area (Å²) >= 11 is 0. The van der Waals surface area contributed by atoms with Crippen LogP contribution in [0.1, 0.15) is 33.1 Å². The number of cyclic esters (lactones) is 1. The Bertz CT molecular complexity index is 167. The summed E-state index contributed by atoms with van der Waals surface area (Å²) in [4.78, 5) is 10.8. The van der Waals surface area contributed by atoms with Crippen molar-refractivity contribution in [3.8, 4) is 0 Å². The summed E-state index contributed by atoms with van der Waals surface area (Å²) in [6, 6.07) is 0. The van der Waals surface area contributed by atoms with Crippen molar-refractivity contribution < 1.29 is 14.6 Å². The van der Waals surface area contributed by atoms with Gasteiger partial charge in [0.05, 0.1) is 6.42 Å². The van der Waals surface area contributed by atoms with Crippen LogP contribution in [-0.2, 0) is 9.53 Å². The van der Waals surface area contributed by atoms with Crippen molar-refractivity contribution in [2.75, 3.05) is 0 Å². The van der Waals surface area contributed by atoms with Crippen LogP contribution in [0.2, 0.25) is 0 Å². The van der Waals surface area contributed by atoms with E-state index in [1.165, 1.54) is 0 Å². The van der Waals surface area contributed by atoms with Crippen molar-refractivity contribution in [3.05, 3.63) is 0 Å². The molecule has 1 heterocycles. The minimum absolute atomic E-state index is 0.155. The van der Waals surface area contributed by atoms with E-state index < -0.39 is 5.60 Å². The van der Waals surface area contributed by atoms with Gasteiger partial charge in [0.25, 0.3) is 0 Å². The average Bonchev–Trinajstić information content (AvgIpc) is 2.27. The predicted molar refractivity (Wildman–Crippen MR) is 40.0 cm³/mol. The predicted octanol–water partition coefficient (Wildman–Crippen LogP) is 0.853. The maximum atomic E-state index is 10.8. The maximum absolute atomic E-state index is 10.8. The summed E-state index contributed by atoms with van der Waals surface area (Å²) in [6.45, 7) is 3.77. The molecule has 0 aromatic carbocycles. The van der Waals surface area contributed by atoms with Gasteiger partial charge in [-0.2, -0.15) is 0 Å². The van der Waals surface area contributed by atoms with E-state index in [1.54, 1.807) is 0 Å². The van der Waals surface area contributed by atoms with Crippen LogP contribution in [0.15, 0.2) is 0 Å². The summed E-state index contributed by atoms with van der Waals surface area (Å²) in [6.07, 6.45) is 1.13. The van der Waals surface area contributed by atoms with Crippen LogP contribution in [0, 0.1) is 0 Å². The molecule has 2 atom stereocenters. The molecule has 1 saturated heterocycles. The molecule has 0 aromatic heterocycles. The molecular formula is C8H14O3. The number of hydrogen-bond donors (Lipinski definition) is 1. The van der Waals surface area contributed by atoms with Crippen molar-refractivity contribution in [1.82, 2.24) is 0 Å². The van der Waals surface area contributed by atoms with Gasteiger partial charge in [-0.15, -0.1) is 0 Å². The second-order valence-corrected chi connectivity index (χ2v) is 3.02. The molecule has 0 aliphatic carbocycles. The van der Waals surface area contributed by atoms with Gasteiger partial charge < -0.3 is 9.84 Å². The van der Waals surface area contributed by atoms with Crippen LogP contribution in [-0.4, -0.2) is 22.8 Å². The molecule has 1 aliphatic rings. The zero-order chi connectivity index (χ0) is 8.48. The lowest BCUT2D eigenvalue weighted by molar-refractivity contribution is -0.142. The Balaban J connectivity index is 2.71. The van der Waals surface area contributed by atoms with E-state index >= 15 is 0 Å². The molecule has 0 unspecified atom stereocenters. The van der Waals surface area contributed by atoms with Gasteiger partial charge >= 0.3 is 5.97 Å². The minimum atomic E-state index is -0.897. The van der Waals surface area contributed by atoms with Crippen LogP contribution < -0.4 is 0 Å². The third kappa shape index (κ3) is 1.38. The van der Waals surface area contributed by atoms with Gasteiger partial charge in [0.1, 0.15) is 11.7 Å². The normalized spacial score (nSPS) is 37.4. The largest absolute Gasteiger partial charge is 0.459 e. The smallest absolute Gasteiger partial charge is 0.309 e. The zero-order valence-electron chi connectivity index (χ0n) is 6.96. The van der Waals surface area contributed by atoms with E-state index in [0.717, 1.165) is 0 Å². The third-order valence-corrected chi connectivity index (χ3v) is 2.31. The highest BCUT2D eigenvalue weighted by molar-refractivity contribution is 5.73. The topological polar surface area (TPSA) is 46.5 Å². The fourth-order valence-electron chi connectivity index (χ4n) is 1.49. The fraction of sp³-hybridized carbons (Fsp3) is 0.875. The molecule has 1 fully saturated rings. The van der Waals surface area contributed by atoms with Gasteiger partial charge in [-0.1, -0.05) is 13.8 Å². The Labute approximate surface area is 66.4 Å². The summed E-state index contributed by atoms with van der Waals surface area (Å²) in [5.74, 6) is -0.277. The second kappa shape index (κ2) is 2.81. The first-order valence-electron chi connectivity index (χ1n) is 4.04. The molecule has 0 radical (unpaired) electrons. The van der Waals surface area contributed by atoms with E-state index in [1.807, 2.05) is 13.8 Å². The molecule has 0 saturated carbocycles. The number of esters is 1. The van der Waals surface area contributed by atoms with Gasteiger partial charge in [0, 0.05) is 0 Å². The fourth-order valence-corrected chi connectivity index (χ4v) is 1.49. The van der Waals surface area contributed by atoms with Crippen molar-refractivity contribution in [2.24, 2.45) is 0 Å². The molecule has 0 spiro atoms. The lowest BCUT2D eigenvalue weighted by Gasteiger charge is -2.24. The van der Waals surface area contributed by atoms with Crippen molar-refractivity contribution in [2.45, 2.75) is 44.8 Å². The van der Waals surface area contributed by atoms with E-state index in [-0.39, 0.29) is 18.5 Å². The van der Waals surface area contributed by atoms with Crippen LogP contribution in [0.25, 0.3) is 0 Å². The number of hydrogen-bond acceptors (Lipinski definition) is 3. The average molecular weight is 158 g/mol. The summed E-state index contributed by atoms with van der Waals surface area (Å²) in [5.41, 5.74) is -0.897. The summed E-state index contributed by atoms with van der Waals surface area (Å²) < 4.78 is 4.93. The third-order valence-electron chi connectivity index (χ3n) is 2.31. The van der Waals surface area contributed by atoms with E-state index in [9.17, 15) is 9.90 Å². The monoisotopic (exact) mass is 158 g/mol. The van der Waals surface area contributed by atoms with Gasteiger partial charge in [-0.3, -0.25) is 4.79 Å². The molecule has 0 amide bonds. The lowest BCUT2D eigenvalue weighted by atomic mass is 9.91. The van der Waals surface area contributed by atoms with E-state index in [4.69, 9.17) is 4.74 Å². The number of carbonyl (C=O) groups is 1. The first kappa shape index (κ1) is 8.53. The van der Waals surface area contributed by atoms with Gasteiger partial charge in [0.15, 0.2) is 0 Å². The van der Waals surface area contributed by atoms with Crippen LogP contribution in [0.3, 0.4) is 0 Å². The molecule has 64 valence electrons. The molecule has 3 heteroatoms. The van der Waals surface area contributed by atoms with Crippen molar-refractivity contribution in [1.29, 1.82) is 0 Å². The minimum Gasteiger partial charge on any atom is -0.459 e. The Hall–Kier alpha value is -0.570. The SMILES string of the molecule is CC[C@@H]1OC(=O)C[C@@]1(O)CC. The number of aliphatic hydroxyl groups is 1. The Morgan fingerprint density at radius 1 is 1.73 bits per heavy atom. The number of ether oxygens (including phenoxy) is 1. The van der Waals surface area contributed by atoms with Gasteiger partial charge in [0.2, 0.25) is 0 Å². The quantitative estimate of drug-likeness (QED) is 0.606. The highest BCUT2D eigenvalue weighted by atomic mass is 16.6. The highest BCUT2D eigenvalue weighted by Gasteiger charge is 2.45. The van der Waals surface area contributed by atoms with Crippen molar-refractivity contribution >= 4 is 5.97 Å². The molecule has 1 aliphatic heterocycles. The number of carbonyl (C=O) groups excluding carboxylic acids is 1. The first-order valence-corrected chi connectivity index (χ1v) is 4.04. The maximum Gasteiger partial charge on any atom is 0.309 e. The summed E-state index contributed by atoms with van der Waals surface area (Å²) in [7, 11) is 0. The van der Waals surface area contributed by atoms with Crippen LogP contribution in [0.4, 0.5) is 0 Å². The second-order valence-electron chi connectivity index (χ2n) is 3.02.